The van der Waals surface area contributed by atoms with Gasteiger partial charge in [0.05, 0.1) is 6.10 Å². The second kappa shape index (κ2) is 9.78. The van der Waals surface area contributed by atoms with Gasteiger partial charge in [0.25, 0.3) is 0 Å². The summed E-state index contributed by atoms with van der Waals surface area (Å²) in [5.41, 5.74) is 0.830. The smallest absolute Gasteiger partial charge is 0.328 e. The van der Waals surface area contributed by atoms with Gasteiger partial charge < -0.3 is 20.8 Å². The number of carboxylic acids is 1. The van der Waals surface area contributed by atoms with Gasteiger partial charge in [-0.3, -0.25) is 9.59 Å². The molecule has 1 aromatic rings. The Morgan fingerprint density at radius 1 is 1.04 bits per heavy atom. The van der Waals surface area contributed by atoms with Crippen LogP contribution in [0.1, 0.15) is 32.8 Å². The molecule has 0 aliphatic heterocycles. The molecule has 1 rings (SSSR count). The average molecular weight is 350 g/mol. The molecule has 0 unspecified atom stereocenters. The van der Waals surface area contributed by atoms with Crippen molar-refractivity contribution in [2.75, 3.05) is 0 Å². The van der Waals surface area contributed by atoms with E-state index >= 15 is 0 Å². The number of aliphatic hydroxyl groups is 1. The van der Waals surface area contributed by atoms with Crippen LogP contribution in [0.4, 0.5) is 0 Å². The summed E-state index contributed by atoms with van der Waals surface area (Å²) in [7, 11) is 0. The molecule has 7 heteroatoms. The van der Waals surface area contributed by atoms with Crippen LogP contribution in [0.15, 0.2) is 30.3 Å². The quantitative estimate of drug-likeness (QED) is 0.523. The van der Waals surface area contributed by atoms with Crippen LogP contribution in [0, 0.1) is 5.92 Å². The molecule has 138 valence electrons. The van der Waals surface area contributed by atoms with Gasteiger partial charge >= 0.3 is 5.97 Å². The Morgan fingerprint density at radius 3 is 2.12 bits per heavy atom. The van der Waals surface area contributed by atoms with E-state index in [1.54, 1.807) is 0 Å². The molecule has 0 fully saturated rings. The SMILES string of the molecule is CC(C)CC(=O)N[C@@H](Cc1ccccc1)C(=O)N[C@H](C(=O)O)[C@@H](C)O. The van der Waals surface area contributed by atoms with Gasteiger partial charge in [-0.25, -0.2) is 4.79 Å². The summed E-state index contributed by atoms with van der Waals surface area (Å²) in [6.45, 7) is 5.06. The molecule has 0 radical (unpaired) electrons. The lowest BCUT2D eigenvalue weighted by Crippen LogP contribution is -2.55. The maximum Gasteiger partial charge on any atom is 0.328 e. The summed E-state index contributed by atoms with van der Waals surface area (Å²) >= 11 is 0. The number of aliphatic carboxylic acids is 1. The van der Waals surface area contributed by atoms with Crippen LogP contribution in [0.5, 0.6) is 0 Å². The van der Waals surface area contributed by atoms with Crippen molar-refractivity contribution in [3.05, 3.63) is 35.9 Å². The van der Waals surface area contributed by atoms with Crippen molar-refractivity contribution < 1.29 is 24.6 Å². The van der Waals surface area contributed by atoms with E-state index in [4.69, 9.17) is 5.11 Å². The number of nitrogens with one attached hydrogen (secondary N) is 2. The molecule has 7 nitrogen and oxygen atoms in total. The van der Waals surface area contributed by atoms with Crippen LogP contribution < -0.4 is 10.6 Å². The molecule has 0 saturated heterocycles. The first-order valence-electron chi connectivity index (χ1n) is 8.25. The molecule has 2 amide bonds. The number of aliphatic hydroxyl groups excluding tert-OH is 1. The minimum absolute atomic E-state index is 0.129. The van der Waals surface area contributed by atoms with Gasteiger partial charge in [-0.15, -0.1) is 0 Å². The van der Waals surface area contributed by atoms with Crippen LogP contribution in [0.3, 0.4) is 0 Å². The van der Waals surface area contributed by atoms with Crippen LogP contribution in [0.2, 0.25) is 0 Å². The zero-order valence-corrected chi connectivity index (χ0v) is 14.7. The maximum absolute atomic E-state index is 12.5. The Balaban J connectivity index is 2.89. The van der Waals surface area contributed by atoms with Gasteiger partial charge in [0, 0.05) is 12.8 Å². The van der Waals surface area contributed by atoms with Crippen molar-refractivity contribution in [1.29, 1.82) is 0 Å². The Kier molecular flexibility index (Phi) is 8.07. The molecule has 0 heterocycles. The van der Waals surface area contributed by atoms with E-state index in [1.807, 2.05) is 44.2 Å². The van der Waals surface area contributed by atoms with E-state index < -0.39 is 30.1 Å². The molecule has 0 spiro atoms. The van der Waals surface area contributed by atoms with Gasteiger partial charge in [-0.2, -0.15) is 0 Å². The average Bonchev–Trinajstić information content (AvgIpc) is 2.51. The first kappa shape index (κ1) is 20.6. The number of amides is 2. The summed E-state index contributed by atoms with van der Waals surface area (Å²) in [5, 5.41) is 23.6. The molecule has 25 heavy (non-hydrogen) atoms. The largest absolute Gasteiger partial charge is 0.480 e. The highest BCUT2D eigenvalue weighted by molar-refractivity contribution is 5.90. The molecular formula is C18H26N2O5. The van der Waals surface area contributed by atoms with Crippen molar-refractivity contribution in [2.45, 2.75) is 51.8 Å². The predicted molar refractivity (Wildman–Crippen MR) is 92.8 cm³/mol. The van der Waals surface area contributed by atoms with Crippen molar-refractivity contribution in [1.82, 2.24) is 10.6 Å². The summed E-state index contributed by atoms with van der Waals surface area (Å²) in [6, 6.07) is 6.74. The Morgan fingerprint density at radius 2 is 1.64 bits per heavy atom. The molecule has 4 N–H and O–H groups in total. The maximum atomic E-state index is 12.5. The Labute approximate surface area is 147 Å². The van der Waals surface area contributed by atoms with E-state index in [-0.39, 0.29) is 24.7 Å². The third kappa shape index (κ3) is 7.34. The summed E-state index contributed by atoms with van der Waals surface area (Å²) in [5.74, 6) is -2.13. The first-order valence-corrected chi connectivity index (χ1v) is 8.25. The molecule has 3 atom stereocenters. The van der Waals surface area contributed by atoms with Crippen LogP contribution >= 0.6 is 0 Å². The summed E-state index contributed by atoms with van der Waals surface area (Å²) in [4.78, 5) is 35.7. The van der Waals surface area contributed by atoms with E-state index in [0.717, 1.165) is 5.56 Å². The van der Waals surface area contributed by atoms with Gasteiger partial charge in [-0.05, 0) is 18.4 Å². The number of hydrogen-bond acceptors (Lipinski definition) is 4. The second-order valence-corrected chi connectivity index (χ2v) is 6.47. The van der Waals surface area contributed by atoms with Crippen molar-refractivity contribution in [2.24, 2.45) is 5.92 Å². The van der Waals surface area contributed by atoms with Gasteiger partial charge in [-0.1, -0.05) is 44.2 Å². The summed E-state index contributed by atoms with van der Waals surface area (Å²) < 4.78 is 0. The molecule has 1 aromatic carbocycles. The van der Waals surface area contributed by atoms with Gasteiger partial charge in [0.15, 0.2) is 6.04 Å². The number of hydrogen-bond donors (Lipinski definition) is 4. The van der Waals surface area contributed by atoms with Crippen LogP contribution in [-0.4, -0.2) is 46.2 Å². The normalized spacial score (nSPS) is 14.4. The number of benzene rings is 1. The van der Waals surface area contributed by atoms with E-state index in [1.165, 1.54) is 6.92 Å². The third-order valence-electron chi connectivity index (χ3n) is 3.57. The minimum atomic E-state index is -1.44. The lowest BCUT2D eigenvalue weighted by molar-refractivity contribution is -0.145. The van der Waals surface area contributed by atoms with Gasteiger partial charge in [0.2, 0.25) is 11.8 Å². The monoisotopic (exact) mass is 350 g/mol. The molecule has 0 bridgehead atoms. The Hall–Kier alpha value is -2.41. The Bertz CT molecular complexity index is 586. The number of carbonyl (C=O) groups excluding carboxylic acids is 2. The number of rotatable bonds is 9. The summed E-state index contributed by atoms with van der Waals surface area (Å²) in [6.07, 6.45) is -0.773. The minimum Gasteiger partial charge on any atom is -0.480 e. The fraction of sp³-hybridized carbons (Fsp3) is 0.500. The second-order valence-electron chi connectivity index (χ2n) is 6.47. The van der Waals surface area contributed by atoms with Crippen molar-refractivity contribution >= 4 is 17.8 Å². The molecule has 0 aliphatic rings. The molecule has 0 aromatic heterocycles. The van der Waals surface area contributed by atoms with E-state index in [2.05, 4.69) is 10.6 Å². The lowest BCUT2D eigenvalue weighted by Gasteiger charge is -2.23. The predicted octanol–water partition coefficient (Wildman–Crippen LogP) is 0.710. The van der Waals surface area contributed by atoms with Crippen LogP contribution in [-0.2, 0) is 20.8 Å². The zero-order chi connectivity index (χ0) is 19.0. The zero-order valence-electron chi connectivity index (χ0n) is 14.7. The fourth-order valence-electron chi connectivity index (χ4n) is 2.33. The highest BCUT2D eigenvalue weighted by Gasteiger charge is 2.29. The standard InChI is InChI=1S/C18H26N2O5/c1-11(2)9-15(22)19-14(10-13-7-5-4-6-8-13)17(23)20-16(12(3)21)18(24)25/h4-8,11-12,14,16,21H,9-10H2,1-3H3,(H,19,22)(H,20,23)(H,24,25)/t12-,14+,16+/m1/s1. The lowest BCUT2D eigenvalue weighted by atomic mass is 10.0. The van der Waals surface area contributed by atoms with Crippen molar-refractivity contribution in [3.63, 3.8) is 0 Å². The topological polar surface area (TPSA) is 116 Å². The third-order valence-corrected chi connectivity index (χ3v) is 3.57. The fourth-order valence-corrected chi connectivity index (χ4v) is 2.33. The number of carbonyl (C=O) groups is 3. The molecular weight excluding hydrogens is 324 g/mol. The van der Waals surface area contributed by atoms with Crippen LogP contribution in [0.25, 0.3) is 0 Å². The van der Waals surface area contributed by atoms with Crippen molar-refractivity contribution in [3.8, 4) is 0 Å². The van der Waals surface area contributed by atoms with E-state index in [0.29, 0.717) is 0 Å². The van der Waals surface area contributed by atoms with E-state index in [9.17, 15) is 19.5 Å². The highest BCUT2D eigenvalue weighted by atomic mass is 16.4. The molecule has 0 saturated carbocycles. The highest BCUT2D eigenvalue weighted by Crippen LogP contribution is 2.06. The first-order chi connectivity index (χ1) is 11.7. The number of carboxylic acid groups (broad SMARTS) is 1. The molecule has 0 aliphatic carbocycles. The van der Waals surface area contributed by atoms with Gasteiger partial charge in [0.1, 0.15) is 6.04 Å².